The first kappa shape index (κ1) is 47.9. The van der Waals surface area contributed by atoms with Gasteiger partial charge in [-0.25, -0.2) is 0 Å². The molecule has 0 radical (unpaired) electrons. The molecule has 0 fully saturated rings. The van der Waals surface area contributed by atoms with Crippen LogP contribution in [0.15, 0.2) is 48.6 Å². The van der Waals surface area contributed by atoms with E-state index < -0.39 is 6.10 Å². The summed E-state index contributed by atoms with van der Waals surface area (Å²) >= 11 is 0. The second kappa shape index (κ2) is 41.3. The van der Waals surface area contributed by atoms with Crippen molar-refractivity contribution < 1.29 is 23.8 Å². The standard InChI is InChI=1S/C45H80O5/c1-4-7-10-13-16-18-20-22-23-24-25-27-30-32-35-38-44(46)49-42-43(50-45(47)39-36-33-29-15-12-9-6-3)41-48-40-37-34-31-28-26-21-19-17-14-11-8-5-2/h7,10,16,18,22-23,25,27,43H,4-6,8-9,11-15,17,19-21,24,26,28-42H2,1-3H3/b10-7-,18-16-,23-22-,27-25-. The van der Waals surface area contributed by atoms with Crippen molar-refractivity contribution in [3.8, 4) is 0 Å². The molecule has 0 rings (SSSR count). The Morgan fingerprint density at radius 1 is 0.460 bits per heavy atom. The first-order valence-electron chi connectivity index (χ1n) is 21.2. The number of carbonyl (C=O) groups excluding carboxylic acids is 2. The Morgan fingerprint density at radius 2 is 0.900 bits per heavy atom. The molecule has 0 aromatic heterocycles. The van der Waals surface area contributed by atoms with Crippen LogP contribution in [0.3, 0.4) is 0 Å². The van der Waals surface area contributed by atoms with Crippen LogP contribution < -0.4 is 0 Å². The quantitative estimate of drug-likeness (QED) is 0.0364. The summed E-state index contributed by atoms with van der Waals surface area (Å²) in [5, 5.41) is 0. The third-order valence-electron chi connectivity index (χ3n) is 8.88. The van der Waals surface area contributed by atoms with Gasteiger partial charge in [0, 0.05) is 19.4 Å². The van der Waals surface area contributed by atoms with Gasteiger partial charge in [0.25, 0.3) is 0 Å². The van der Waals surface area contributed by atoms with Crippen molar-refractivity contribution in [3.05, 3.63) is 48.6 Å². The molecule has 0 aliphatic carbocycles. The van der Waals surface area contributed by atoms with E-state index in [0.29, 0.717) is 19.4 Å². The second-order valence-corrected chi connectivity index (χ2v) is 13.9. The minimum absolute atomic E-state index is 0.0664. The van der Waals surface area contributed by atoms with Crippen LogP contribution in [0.4, 0.5) is 0 Å². The van der Waals surface area contributed by atoms with Gasteiger partial charge in [0.05, 0.1) is 6.61 Å². The third-order valence-corrected chi connectivity index (χ3v) is 8.88. The van der Waals surface area contributed by atoms with E-state index in [0.717, 1.165) is 70.6 Å². The molecule has 0 heterocycles. The van der Waals surface area contributed by atoms with Gasteiger partial charge in [-0.1, -0.05) is 179 Å². The number of allylic oxidation sites excluding steroid dienone is 8. The van der Waals surface area contributed by atoms with E-state index in [1.807, 2.05) is 0 Å². The summed E-state index contributed by atoms with van der Waals surface area (Å²) in [7, 11) is 0. The van der Waals surface area contributed by atoms with E-state index >= 15 is 0 Å². The molecule has 0 saturated carbocycles. The maximum Gasteiger partial charge on any atom is 0.306 e. The highest BCUT2D eigenvalue weighted by Crippen LogP contribution is 2.13. The van der Waals surface area contributed by atoms with Crippen LogP contribution in [0.25, 0.3) is 0 Å². The molecule has 0 spiro atoms. The number of hydrogen-bond acceptors (Lipinski definition) is 5. The number of rotatable bonds is 38. The lowest BCUT2D eigenvalue weighted by Crippen LogP contribution is -2.30. The van der Waals surface area contributed by atoms with Gasteiger partial charge in [-0.15, -0.1) is 0 Å². The van der Waals surface area contributed by atoms with Gasteiger partial charge < -0.3 is 14.2 Å². The Kier molecular flexibility index (Phi) is 39.5. The molecule has 0 aromatic carbocycles. The summed E-state index contributed by atoms with van der Waals surface area (Å²) < 4.78 is 17.2. The van der Waals surface area contributed by atoms with Crippen molar-refractivity contribution in [2.75, 3.05) is 19.8 Å². The molecular weight excluding hydrogens is 620 g/mol. The Labute approximate surface area is 310 Å². The molecule has 5 nitrogen and oxygen atoms in total. The molecular formula is C45H80O5. The first-order chi connectivity index (χ1) is 24.6. The van der Waals surface area contributed by atoms with E-state index in [9.17, 15) is 9.59 Å². The smallest absolute Gasteiger partial charge is 0.306 e. The minimum Gasteiger partial charge on any atom is -0.462 e. The van der Waals surface area contributed by atoms with E-state index in [2.05, 4.69) is 69.4 Å². The Balaban J connectivity index is 4.24. The van der Waals surface area contributed by atoms with E-state index in [4.69, 9.17) is 14.2 Å². The average molecular weight is 701 g/mol. The van der Waals surface area contributed by atoms with Crippen molar-refractivity contribution in [1.82, 2.24) is 0 Å². The van der Waals surface area contributed by atoms with Crippen LogP contribution in [0, 0.1) is 0 Å². The van der Waals surface area contributed by atoms with Gasteiger partial charge in [-0.05, 0) is 57.8 Å². The monoisotopic (exact) mass is 701 g/mol. The van der Waals surface area contributed by atoms with E-state index in [1.54, 1.807) is 0 Å². The minimum atomic E-state index is -0.544. The topological polar surface area (TPSA) is 61.8 Å². The number of esters is 2. The van der Waals surface area contributed by atoms with Gasteiger partial charge in [0.1, 0.15) is 6.61 Å². The molecule has 50 heavy (non-hydrogen) atoms. The largest absolute Gasteiger partial charge is 0.462 e. The molecule has 0 aromatic rings. The summed E-state index contributed by atoms with van der Waals surface area (Å²) in [6.45, 7) is 7.63. The summed E-state index contributed by atoms with van der Waals surface area (Å²) in [4.78, 5) is 25.0. The van der Waals surface area contributed by atoms with Crippen LogP contribution in [0.5, 0.6) is 0 Å². The molecule has 0 aliphatic rings. The Bertz CT molecular complexity index is 842. The second-order valence-electron chi connectivity index (χ2n) is 13.9. The van der Waals surface area contributed by atoms with Gasteiger partial charge in [0.2, 0.25) is 0 Å². The van der Waals surface area contributed by atoms with Crippen molar-refractivity contribution >= 4 is 11.9 Å². The lowest BCUT2D eigenvalue weighted by molar-refractivity contribution is -0.163. The molecule has 0 N–H and O–H groups in total. The number of ether oxygens (including phenoxy) is 3. The van der Waals surface area contributed by atoms with Crippen LogP contribution in [-0.4, -0.2) is 37.9 Å². The highest BCUT2D eigenvalue weighted by molar-refractivity contribution is 5.70. The van der Waals surface area contributed by atoms with Crippen LogP contribution in [-0.2, 0) is 23.8 Å². The predicted molar refractivity (Wildman–Crippen MR) is 215 cm³/mol. The molecule has 1 atom stereocenters. The van der Waals surface area contributed by atoms with Crippen LogP contribution in [0.2, 0.25) is 0 Å². The molecule has 0 aliphatic heterocycles. The summed E-state index contributed by atoms with van der Waals surface area (Å²) in [5.74, 6) is -0.448. The fourth-order valence-electron chi connectivity index (χ4n) is 5.73. The average Bonchev–Trinajstić information content (AvgIpc) is 3.11. The van der Waals surface area contributed by atoms with E-state index in [-0.39, 0.29) is 25.2 Å². The summed E-state index contributed by atoms with van der Waals surface area (Å²) in [6, 6.07) is 0. The fraction of sp³-hybridized carbons (Fsp3) is 0.778. The fourth-order valence-corrected chi connectivity index (χ4v) is 5.73. The highest BCUT2D eigenvalue weighted by Gasteiger charge is 2.17. The van der Waals surface area contributed by atoms with Crippen LogP contribution >= 0.6 is 0 Å². The molecule has 0 saturated heterocycles. The Morgan fingerprint density at radius 3 is 1.44 bits per heavy atom. The molecule has 5 heteroatoms. The maximum atomic E-state index is 12.6. The zero-order valence-electron chi connectivity index (χ0n) is 33.2. The molecule has 0 amide bonds. The van der Waals surface area contributed by atoms with Gasteiger partial charge in [-0.3, -0.25) is 9.59 Å². The number of carbonyl (C=O) groups is 2. The first-order valence-corrected chi connectivity index (χ1v) is 21.2. The SMILES string of the molecule is CC/C=C\C/C=C\C/C=C\C/C=C\CCCCC(=O)OCC(COCCCCCCCCCCCCCC)OC(=O)CCCCCCCCC. The van der Waals surface area contributed by atoms with Gasteiger partial charge in [-0.2, -0.15) is 0 Å². The lowest BCUT2D eigenvalue weighted by Gasteiger charge is -2.18. The normalized spacial score (nSPS) is 12.6. The maximum absolute atomic E-state index is 12.6. The van der Waals surface area contributed by atoms with Crippen molar-refractivity contribution in [2.24, 2.45) is 0 Å². The zero-order chi connectivity index (χ0) is 36.4. The van der Waals surface area contributed by atoms with Crippen LogP contribution in [0.1, 0.15) is 201 Å². The van der Waals surface area contributed by atoms with Gasteiger partial charge >= 0.3 is 11.9 Å². The summed E-state index contributed by atoms with van der Waals surface area (Å²) in [6.07, 6.45) is 48.3. The molecule has 1 unspecified atom stereocenters. The Hall–Kier alpha value is -2.14. The molecule has 0 bridgehead atoms. The van der Waals surface area contributed by atoms with Crippen molar-refractivity contribution in [3.63, 3.8) is 0 Å². The van der Waals surface area contributed by atoms with Crippen molar-refractivity contribution in [1.29, 1.82) is 0 Å². The number of hydrogen-bond donors (Lipinski definition) is 0. The van der Waals surface area contributed by atoms with Gasteiger partial charge in [0.15, 0.2) is 6.10 Å². The summed E-state index contributed by atoms with van der Waals surface area (Å²) in [5.41, 5.74) is 0. The van der Waals surface area contributed by atoms with E-state index in [1.165, 1.54) is 96.3 Å². The molecule has 290 valence electrons. The lowest BCUT2D eigenvalue weighted by atomic mass is 10.1. The number of unbranched alkanes of at least 4 members (excludes halogenated alkanes) is 19. The predicted octanol–water partition coefficient (Wildman–Crippen LogP) is 13.7. The van der Waals surface area contributed by atoms with Crippen molar-refractivity contribution in [2.45, 2.75) is 207 Å². The third kappa shape index (κ3) is 38.7. The highest BCUT2D eigenvalue weighted by atomic mass is 16.6. The zero-order valence-corrected chi connectivity index (χ0v) is 33.2.